The molecule has 3 N–H and O–H groups in total. The highest BCUT2D eigenvalue weighted by atomic mass is 32.2. The number of aromatic nitrogens is 3. The average Bonchev–Trinajstić information content (AvgIpc) is 3.52. The molecule has 4 aromatic carbocycles. The number of carbonyl (C=O) groups excluding carboxylic acids is 1. The first-order chi connectivity index (χ1) is 21.3. The summed E-state index contributed by atoms with van der Waals surface area (Å²) in [5, 5.41) is 10.00. The molecule has 5 rings (SSSR count). The molecule has 7 nitrogen and oxygen atoms in total. The van der Waals surface area contributed by atoms with Gasteiger partial charge in [-0.05, 0) is 42.2 Å². The third-order valence-electron chi connectivity index (χ3n) is 6.20. The summed E-state index contributed by atoms with van der Waals surface area (Å²) < 4.78 is 2.14. The summed E-state index contributed by atoms with van der Waals surface area (Å²) in [6.45, 7) is 10.8. The molecule has 0 fully saturated rings. The van der Waals surface area contributed by atoms with Crippen molar-refractivity contribution in [1.82, 2.24) is 20.2 Å². The molecule has 228 valence electrons. The summed E-state index contributed by atoms with van der Waals surface area (Å²) in [5.74, 6) is 8.43. The Bertz CT molecular complexity index is 1550. The van der Waals surface area contributed by atoms with E-state index in [2.05, 4.69) is 78.6 Å². The molecule has 0 aliphatic rings. The number of hydrogen-bond donors (Lipinski definition) is 2. The minimum atomic E-state index is -0.263. The predicted molar refractivity (Wildman–Crippen MR) is 185 cm³/mol. The number of nitrogens with zero attached hydrogens (tertiary/aromatic N) is 4. The van der Waals surface area contributed by atoms with E-state index in [0.717, 1.165) is 34.3 Å². The molecule has 44 heavy (non-hydrogen) atoms. The number of hydrogen-bond acceptors (Lipinski definition) is 6. The van der Waals surface area contributed by atoms with Gasteiger partial charge in [-0.25, -0.2) is 10.8 Å². The number of rotatable bonds is 7. The highest BCUT2D eigenvalue weighted by molar-refractivity contribution is 8.13. The molecule has 1 aromatic heterocycles. The minimum absolute atomic E-state index is 0.263. The van der Waals surface area contributed by atoms with E-state index in [1.54, 1.807) is 24.3 Å². The van der Waals surface area contributed by atoms with E-state index in [4.69, 9.17) is 5.84 Å². The molecule has 0 aliphatic carbocycles. The standard InChI is InChI=1S/C17H17N3.C12H17NS.C7H8N2O/c1-13(2)16-18-19-17(14-9-5-3-6-10-14)20(16)15-11-7-4-8-12-15;1-4-14-12(10(2)3)13-11-8-6-5-7-9-11;8-9-7(10)6-4-2-1-3-5-6/h3-13H,1-2H3;5-10H,4H2,1-3H3;1-5H,8H2,(H,9,10). The van der Waals surface area contributed by atoms with Gasteiger partial charge in [-0.15, -0.1) is 22.0 Å². The van der Waals surface area contributed by atoms with Gasteiger partial charge in [0.2, 0.25) is 0 Å². The van der Waals surface area contributed by atoms with Crippen molar-refractivity contribution in [1.29, 1.82) is 0 Å². The van der Waals surface area contributed by atoms with E-state index < -0.39 is 0 Å². The number of amides is 1. The highest BCUT2D eigenvalue weighted by Crippen LogP contribution is 2.26. The number of benzene rings is 4. The lowest BCUT2D eigenvalue weighted by molar-refractivity contribution is 0.0953. The third kappa shape index (κ3) is 10.3. The van der Waals surface area contributed by atoms with Crippen LogP contribution in [0.4, 0.5) is 5.69 Å². The second-order valence-corrected chi connectivity index (χ2v) is 11.6. The number of aliphatic imine (C=N–C) groups is 1. The molecule has 5 aromatic rings. The zero-order valence-corrected chi connectivity index (χ0v) is 26.9. The summed E-state index contributed by atoms with van der Waals surface area (Å²) in [5.41, 5.74) is 5.85. The van der Waals surface area contributed by atoms with Gasteiger partial charge >= 0.3 is 0 Å². The molecule has 0 aliphatic heterocycles. The lowest BCUT2D eigenvalue weighted by Gasteiger charge is -2.12. The van der Waals surface area contributed by atoms with E-state index >= 15 is 0 Å². The summed E-state index contributed by atoms with van der Waals surface area (Å²) in [4.78, 5) is 15.4. The normalized spacial score (nSPS) is 10.9. The Balaban J connectivity index is 0.000000193. The van der Waals surface area contributed by atoms with Gasteiger partial charge in [-0.1, -0.05) is 120 Å². The molecule has 0 saturated heterocycles. The van der Waals surface area contributed by atoms with Gasteiger partial charge in [0.25, 0.3) is 5.91 Å². The number of hydrazine groups is 1. The van der Waals surface area contributed by atoms with Crippen molar-refractivity contribution < 1.29 is 4.79 Å². The van der Waals surface area contributed by atoms with Crippen LogP contribution in [0.25, 0.3) is 17.1 Å². The van der Waals surface area contributed by atoms with Crippen LogP contribution in [-0.2, 0) is 0 Å². The van der Waals surface area contributed by atoms with Crippen LogP contribution in [0.1, 0.15) is 56.7 Å². The van der Waals surface area contributed by atoms with Crippen molar-refractivity contribution in [3.63, 3.8) is 0 Å². The second kappa shape index (κ2) is 18.2. The largest absolute Gasteiger partial charge is 0.290 e. The first-order valence-electron chi connectivity index (χ1n) is 14.7. The maximum absolute atomic E-state index is 10.8. The third-order valence-corrected chi connectivity index (χ3v) is 7.35. The SMILES string of the molecule is CC(C)c1nnc(-c2ccccc2)n1-c1ccccc1.CCSC(=Nc1ccccc1)C(C)C.NNC(=O)c1ccccc1. The smallest absolute Gasteiger partial charge is 0.265 e. The van der Waals surface area contributed by atoms with E-state index in [1.165, 1.54) is 5.04 Å². The van der Waals surface area contributed by atoms with Gasteiger partial charge in [-0.2, -0.15) is 0 Å². The van der Waals surface area contributed by atoms with Crippen LogP contribution in [0.3, 0.4) is 0 Å². The van der Waals surface area contributed by atoms with Crippen LogP contribution in [-0.4, -0.2) is 31.5 Å². The van der Waals surface area contributed by atoms with Gasteiger partial charge in [-0.3, -0.25) is 14.8 Å². The Morgan fingerprint density at radius 2 is 1.32 bits per heavy atom. The summed E-state index contributed by atoms with van der Waals surface area (Å²) in [7, 11) is 0. The fraction of sp³-hybridized carbons (Fsp3) is 0.222. The lowest BCUT2D eigenvalue weighted by atomic mass is 10.1. The van der Waals surface area contributed by atoms with Crippen LogP contribution >= 0.6 is 11.8 Å². The molecule has 1 amide bonds. The zero-order valence-electron chi connectivity index (χ0n) is 26.1. The predicted octanol–water partition coefficient (Wildman–Crippen LogP) is 8.47. The maximum atomic E-state index is 10.8. The number of nitrogens with one attached hydrogen (secondary N) is 1. The first kappa shape index (κ1) is 34.0. The van der Waals surface area contributed by atoms with Crippen molar-refractivity contribution >= 4 is 28.4 Å². The van der Waals surface area contributed by atoms with Gasteiger partial charge in [0.1, 0.15) is 5.82 Å². The molecule has 0 saturated carbocycles. The molecule has 0 bridgehead atoms. The molecule has 8 heteroatoms. The molecular formula is C36H42N6OS. The highest BCUT2D eigenvalue weighted by Gasteiger charge is 2.17. The van der Waals surface area contributed by atoms with Crippen LogP contribution < -0.4 is 11.3 Å². The van der Waals surface area contributed by atoms with E-state index in [-0.39, 0.29) is 5.91 Å². The molecule has 0 unspecified atom stereocenters. The summed E-state index contributed by atoms with van der Waals surface area (Å²) >= 11 is 1.83. The second-order valence-electron chi connectivity index (χ2n) is 10.3. The number of nitrogen functional groups attached to an aromatic ring is 1. The maximum Gasteiger partial charge on any atom is 0.265 e. The zero-order chi connectivity index (χ0) is 31.7. The van der Waals surface area contributed by atoms with E-state index in [1.807, 2.05) is 90.0 Å². The Morgan fingerprint density at radius 1 is 0.795 bits per heavy atom. The lowest BCUT2D eigenvalue weighted by Crippen LogP contribution is -2.29. The average molecular weight is 607 g/mol. The van der Waals surface area contributed by atoms with Gasteiger partial charge in [0.15, 0.2) is 5.82 Å². The first-order valence-corrected chi connectivity index (χ1v) is 15.7. The van der Waals surface area contributed by atoms with Crippen molar-refractivity contribution in [2.24, 2.45) is 16.8 Å². The Morgan fingerprint density at radius 3 is 1.82 bits per heavy atom. The van der Waals surface area contributed by atoms with Crippen LogP contribution in [0.15, 0.2) is 126 Å². The molecule has 1 heterocycles. The molecular weight excluding hydrogens is 565 g/mol. The van der Waals surface area contributed by atoms with Crippen molar-refractivity contribution in [3.05, 3.63) is 133 Å². The Labute approximate surface area is 265 Å². The number of thioether (sulfide) groups is 1. The van der Waals surface area contributed by atoms with Gasteiger partial charge in [0, 0.05) is 28.7 Å². The number of nitrogens with two attached hydrogens (primary N) is 1. The number of para-hydroxylation sites is 2. The topological polar surface area (TPSA) is 98.2 Å². The van der Waals surface area contributed by atoms with Crippen LogP contribution in [0.5, 0.6) is 0 Å². The van der Waals surface area contributed by atoms with E-state index in [9.17, 15) is 4.79 Å². The van der Waals surface area contributed by atoms with Gasteiger partial charge < -0.3 is 0 Å². The monoisotopic (exact) mass is 606 g/mol. The van der Waals surface area contributed by atoms with Crippen molar-refractivity contribution in [2.45, 2.75) is 40.5 Å². The van der Waals surface area contributed by atoms with Crippen LogP contribution in [0.2, 0.25) is 0 Å². The van der Waals surface area contributed by atoms with Gasteiger partial charge in [0.05, 0.1) is 10.7 Å². The van der Waals surface area contributed by atoms with Crippen LogP contribution in [0, 0.1) is 5.92 Å². The molecule has 0 radical (unpaired) electrons. The Kier molecular flexibility index (Phi) is 14.1. The minimum Gasteiger partial charge on any atom is -0.290 e. The molecule has 0 spiro atoms. The van der Waals surface area contributed by atoms with Crippen molar-refractivity contribution in [3.8, 4) is 17.1 Å². The van der Waals surface area contributed by atoms with E-state index in [0.29, 0.717) is 17.4 Å². The quantitative estimate of drug-likeness (QED) is 0.0637. The Hall–Kier alpha value is -4.53. The number of carbonyl (C=O) groups is 1. The fourth-order valence-corrected chi connectivity index (χ4v) is 4.85. The molecule has 0 atom stereocenters. The van der Waals surface area contributed by atoms with Crippen molar-refractivity contribution in [2.75, 3.05) is 5.75 Å². The fourth-order valence-electron chi connectivity index (χ4n) is 4.05. The summed E-state index contributed by atoms with van der Waals surface area (Å²) in [6, 6.07) is 39.4. The summed E-state index contributed by atoms with van der Waals surface area (Å²) in [6.07, 6.45) is 0.